The van der Waals surface area contributed by atoms with E-state index in [9.17, 15) is 5.26 Å². The van der Waals surface area contributed by atoms with Crippen molar-refractivity contribution in [3.63, 3.8) is 0 Å². The van der Waals surface area contributed by atoms with Crippen LogP contribution in [0.1, 0.15) is 60.8 Å². The predicted molar refractivity (Wildman–Crippen MR) is 78.8 cm³/mol. The van der Waals surface area contributed by atoms with Crippen LogP contribution in [0.25, 0.3) is 0 Å². The van der Waals surface area contributed by atoms with Gasteiger partial charge in [0.1, 0.15) is 5.54 Å². The number of rotatable bonds is 5. The maximum atomic E-state index is 9.33. The highest BCUT2D eigenvalue weighted by Crippen LogP contribution is 2.39. The lowest BCUT2D eigenvalue weighted by molar-refractivity contribution is -0.0377. The van der Waals surface area contributed by atoms with E-state index >= 15 is 0 Å². The second kappa shape index (κ2) is 6.24. The number of nitriles is 1. The summed E-state index contributed by atoms with van der Waals surface area (Å²) in [5.41, 5.74) is -0.226. The molecule has 0 spiro atoms. The summed E-state index contributed by atoms with van der Waals surface area (Å²) < 4.78 is 6.06. The summed E-state index contributed by atoms with van der Waals surface area (Å²) in [4.78, 5) is 0. The quantitative estimate of drug-likeness (QED) is 0.828. The molecule has 110 valence electrons. The van der Waals surface area contributed by atoms with Crippen LogP contribution >= 0.6 is 0 Å². The minimum atomic E-state index is -0.584. The van der Waals surface area contributed by atoms with Crippen molar-refractivity contribution in [1.82, 2.24) is 5.32 Å². The summed E-state index contributed by atoms with van der Waals surface area (Å²) >= 11 is 0. The minimum Gasteiger partial charge on any atom is -0.375 e. The van der Waals surface area contributed by atoms with E-state index in [0.717, 1.165) is 12.8 Å². The maximum Gasteiger partial charge on any atom is 0.127 e. The van der Waals surface area contributed by atoms with Crippen LogP contribution in [0.5, 0.6) is 0 Å². The Labute approximate surface area is 118 Å². The van der Waals surface area contributed by atoms with Gasteiger partial charge in [0, 0.05) is 6.04 Å². The molecule has 0 aliphatic heterocycles. The maximum absolute atomic E-state index is 9.33. The summed E-state index contributed by atoms with van der Waals surface area (Å²) in [6.07, 6.45) is 3.78. The van der Waals surface area contributed by atoms with E-state index in [1.165, 1.54) is 6.42 Å². The first kappa shape index (κ1) is 16.5. The van der Waals surface area contributed by atoms with Crippen molar-refractivity contribution >= 4 is 0 Å². The van der Waals surface area contributed by atoms with Crippen molar-refractivity contribution < 1.29 is 4.74 Å². The van der Waals surface area contributed by atoms with Gasteiger partial charge in [0.25, 0.3) is 0 Å². The summed E-state index contributed by atoms with van der Waals surface area (Å²) in [6, 6.07) is 2.63. The van der Waals surface area contributed by atoms with Gasteiger partial charge in [0.15, 0.2) is 0 Å². The van der Waals surface area contributed by atoms with E-state index < -0.39 is 5.54 Å². The average molecular weight is 266 g/mol. The summed E-state index contributed by atoms with van der Waals surface area (Å²) in [6.45, 7) is 13.4. The Kier molecular flexibility index (Phi) is 5.41. The SMILES string of the molecule is CC1CC(OCC(C)(C#N)NC(C)C)CC(C)(C)C1. The highest BCUT2D eigenvalue weighted by molar-refractivity contribution is 5.04. The standard InChI is InChI=1S/C16H30N2O/c1-12(2)18-16(6,10-17)11-19-14-7-13(3)8-15(4,5)9-14/h12-14,18H,7-9,11H2,1-6H3. The first-order valence-corrected chi connectivity index (χ1v) is 7.46. The Morgan fingerprint density at radius 2 is 2.05 bits per heavy atom. The molecular weight excluding hydrogens is 236 g/mol. The molecule has 1 aliphatic carbocycles. The van der Waals surface area contributed by atoms with Crippen LogP contribution in [0.2, 0.25) is 0 Å². The second-order valence-electron chi connectivity index (χ2n) is 7.59. The lowest BCUT2D eigenvalue weighted by Gasteiger charge is -2.39. The van der Waals surface area contributed by atoms with E-state index in [-0.39, 0.29) is 6.04 Å². The van der Waals surface area contributed by atoms with E-state index in [2.05, 4.69) is 46.0 Å². The largest absolute Gasteiger partial charge is 0.375 e. The fourth-order valence-electron chi connectivity index (χ4n) is 3.41. The molecular formula is C16H30N2O. The Bertz CT molecular complexity index is 332. The fourth-order valence-corrected chi connectivity index (χ4v) is 3.41. The Morgan fingerprint density at radius 3 is 2.53 bits per heavy atom. The number of nitrogens with one attached hydrogen (secondary N) is 1. The summed E-state index contributed by atoms with van der Waals surface area (Å²) in [7, 11) is 0. The van der Waals surface area contributed by atoms with Crippen molar-refractivity contribution in [3.8, 4) is 6.07 Å². The van der Waals surface area contributed by atoms with Crippen LogP contribution in [-0.4, -0.2) is 24.3 Å². The van der Waals surface area contributed by atoms with Crippen molar-refractivity contribution in [1.29, 1.82) is 5.26 Å². The molecule has 3 nitrogen and oxygen atoms in total. The Hall–Kier alpha value is -0.590. The molecule has 0 radical (unpaired) electrons. The normalized spacial score (nSPS) is 29.8. The topological polar surface area (TPSA) is 45.0 Å². The molecule has 19 heavy (non-hydrogen) atoms. The molecule has 1 N–H and O–H groups in total. The highest BCUT2D eigenvalue weighted by atomic mass is 16.5. The monoisotopic (exact) mass is 266 g/mol. The molecule has 3 unspecified atom stereocenters. The summed E-state index contributed by atoms with van der Waals surface area (Å²) in [5.74, 6) is 0.708. The molecule has 3 heteroatoms. The van der Waals surface area contributed by atoms with Gasteiger partial charge in [-0.05, 0) is 51.4 Å². The van der Waals surface area contributed by atoms with Gasteiger partial charge in [0.05, 0.1) is 18.8 Å². The van der Waals surface area contributed by atoms with Crippen molar-refractivity contribution in [2.45, 2.75) is 78.5 Å². The van der Waals surface area contributed by atoms with Crippen LogP contribution in [0.4, 0.5) is 0 Å². The molecule has 3 atom stereocenters. The van der Waals surface area contributed by atoms with Crippen LogP contribution in [0.15, 0.2) is 0 Å². The van der Waals surface area contributed by atoms with Gasteiger partial charge in [-0.15, -0.1) is 0 Å². The van der Waals surface area contributed by atoms with Gasteiger partial charge < -0.3 is 4.74 Å². The summed E-state index contributed by atoms with van der Waals surface area (Å²) in [5, 5.41) is 12.6. The van der Waals surface area contributed by atoms with E-state index in [1.807, 2.05) is 6.92 Å². The molecule has 1 fully saturated rings. The molecule has 1 saturated carbocycles. The molecule has 0 amide bonds. The third-order valence-corrected chi connectivity index (χ3v) is 3.81. The van der Waals surface area contributed by atoms with E-state index in [1.54, 1.807) is 0 Å². The lowest BCUT2D eigenvalue weighted by Crippen LogP contribution is -2.49. The van der Waals surface area contributed by atoms with Crippen LogP contribution in [0, 0.1) is 22.7 Å². The van der Waals surface area contributed by atoms with Crippen molar-refractivity contribution in [2.24, 2.45) is 11.3 Å². The zero-order valence-corrected chi connectivity index (χ0v) is 13.4. The molecule has 0 bridgehead atoms. The predicted octanol–water partition coefficient (Wildman–Crippen LogP) is 3.50. The number of nitrogens with zero attached hydrogens (tertiary/aromatic N) is 1. The number of hydrogen-bond acceptors (Lipinski definition) is 3. The second-order valence-corrected chi connectivity index (χ2v) is 7.59. The van der Waals surface area contributed by atoms with E-state index in [0.29, 0.717) is 24.0 Å². The molecule has 0 aromatic heterocycles. The van der Waals surface area contributed by atoms with Crippen LogP contribution in [0.3, 0.4) is 0 Å². The minimum absolute atomic E-state index is 0.287. The van der Waals surface area contributed by atoms with Gasteiger partial charge in [0.2, 0.25) is 0 Å². The van der Waals surface area contributed by atoms with Gasteiger partial charge in [-0.3, -0.25) is 5.32 Å². The molecule has 1 rings (SSSR count). The van der Waals surface area contributed by atoms with Gasteiger partial charge in [-0.25, -0.2) is 0 Å². The smallest absolute Gasteiger partial charge is 0.127 e. The molecule has 0 aromatic carbocycles. The third kappa shape index (κ3) is 5.50. The number of hydrogen-bond donors (Lipinski definition) is 1. The van der Waals surface area contributed by atoms with Crippen LogP contribution < -0.4 is 5.32 Å². The average Bonchev–Trinajstić information content (AvgIpc) is 2.23. The third-order valence-electron chi connectivity index (χ3n) is 3.81. The fraction of sp³-hybridized carbons (Fsp3) is 0.938. The van der Waals surface area contributed by atoms with Crippen LogP contribution in [-0.2, 0) is 4.74 Å². The van der Waals surface area contributed by atoms with Crippen molar-refractivity contribution in [3.05, 3.63) is 0 Å². The molecule has 1 aliphatic rings. The first-order chi connectivity index (χ1) is 8.66. The van der Waals surface area contributed by atoms with Gasteiger partial charge >= 0.3 is 0 Å². The van der Waals surface area contributed by atoms with E-state index in [4.69, 9.17) is 4.74 Å². The Balaban J connectivity index is 2.53. The number of ether oxygens (including phenoxy) is 1. The zero-order chi connectivity index (χ0) is 14.7. The highest BCUT2D eigenvalue weighted by Gasteiger charge is 2.34. The van der Waals surface area contributed by atoms with Crippen molar-refractivity contribution in [2.75, 3.05) is 6.61 Å². The lowest BCUT2D eigenvalue weighted by atomic mass is 9.71. The zero-order valence-electron chi connectivity index (χ0n) is 13.4. The molecule has 0 saturated heterocycles. The van der Waals surface area contributed by atoms with Gasteiger partial charge in [-0.1, -0.05) is 20.8 Å². The first-order valence-electron chi connectivity index (χ1n) is 7.46. The Morgan fingerprint density at radius 1 is 1.42 bits per heavy atom. The molecule has 0 heterocycles. The van der Waals surface area contributed by atoms with Gasteiger partial charge in [-0.2, -0.15) is 5.26 Å². The molecule has 0 aromatic rings.